The molecule has 34 heavy (non-hydrogen) atoms. The molecule has 0 bridgehead atoms. The summed E-state index contributed by atoms with van der Waals surface area (Å²) in [7, 11) is 1.83. The number of hydrogen-bond donors (Lipinski definition) is 4. The van der Waals surface area contributed by atoms with Gasteiger partial charge >= 0.3 is 0 Å². The Kier molecular flexibility index (Phi) is 6.95. The number of nitrogens with one attached hydrogen (secondary N) is 3. The van der Waals surface area contributed by atoms with Crippen LogP contribution in [-0.4, -0.2) is 34.7 Å². The van der Waals surface area contributed by atoms with Crippen LogP contribution in [-0.2, 0) is 6.42 Å². The maximum atomic E-state index is 13.0. The maximum Gasteiger partial charge on any atom is 0.276 e. The first-order chi connectivity index (χ1) is 16.4. The molecule has 0 aliphatic carbocycles. The Bertz CT molecular complexity index is 1240. The van der Waals surface area contributed by atoms with Gasteiger partial charge in [-0.1, -0.05) is 31.5 Å². The zero-order valence-corrected chi connectivity index (χ0v) is 19.5. The topological polar surface area (TPSA) is 120 Å². The van der Waals surface area contributed by atoms with Crippen LogP contribution in [0.3, 0.4) is 0 Å². The van der Waals surface area contributed by atoms with Crippen LogP contribution in [0.1, 0.15) is 59.9 Å². The van der Waals surface area contributed by atoms with E-state index in [0.29, 0.717) is 35.9 Å². The number of benzene rings is 2. The molecular weight excluding hydrogens is 434 g/mol. The van der Waals surface area contributed by atoms with E-state index >= 15 is 0 Å². The highest BCUT2D eigenvalue weighted by Gasteiger charge is 2.30. The Morgan fingerprint density at radius 1 is 1.18 bits per heavy atom. The largest absolute Gasteiger partial charge is 0.493 e. The van der Waals surface area contributed by atoms with Crippen LogP contribution in [0.4, 0.5) is 5.69 Å². The van der Waals surface area contributed by atoms with E-state index in [4.69, 9.17) is 14.9 Å². The van der Waals surface area contributed by atoms with Crippen molar-refractivity contribution in [3.8, 4) is 17.1 Å². The van der Waals surface area contributed by atoms with Crippen LogP contribution in [0.5, 0.6) is 5.75 Å². The molecule has 2 aromatic carbocycles. The highest BCUT2D eigenvalue weighted by Crippen LogP contribution is 2.34. The van der Waals surface area contributed by atoms with Crippen molar-refractivity contribution in [3.05, 3.63) is 75.2 Å². The molecule has 4 N–H and O–H groups in total. The van der Waals surface area contributed by atoms with E-state index in [1.807, 2.05) is 44.3 Å². The molecule has 1 unspecified atom stereocenters. The van der Waals surface area contributed by atoms with E-state index in [2.05, 4.69) is 17.3 Å². The Morgan fingerprint density at radius 2 is 1.91 bits per heavy atom. The number of aromatic nitrogens is 2. The molecule has 9 nitrogen and oxygen atoms in total. The third kappa shape index (κ3) is 4.66. The number of aromatic amines is 1. The molecule has 0 radical (unpaired) electrons. The standard InChI is InChI=1S/C25H29N5O4/c1-4-6-19-21-22(30(3)28-19)25(32)27-23(26-21)18-14-16(9-12-20(18)34-5-2)13-15-7-10-17(11-8-15)24(31)29-33/h7-12,14,19,28,33H,4-6,13H2,1-3H3,(H,29,31)(H,26,27,32). The van der Waals surface area contributed by atoms with Gasteiger partial charge in [0, 0.05) is 12.6 Å². The molecule has 1 atom stereocenters. The molecule has 0 saturated carbocycles. The molecule has 1 aromatic heterocycles. The summed E-state index contributed by atoms with van der Waals surface area (Å²) in [6.07, 6.45) is 2.45. The van der Waals surface area contributed by atoms with Crippen LogP contribution in [0, 0.1) is 0 Å². The van der Waals surface area contributed by atoms with E-state index in [9.17, 15) is 9.59 Å². The number of amides is 1. The molecule has 178 valence electrons. The minimum Gasteiger partial charge on any atom is -0.493 e. The second-order valence-corrected chi connectivity index (χ2v) is 8.26. The molecule has 9 heteroatoms. The monoisotopic (exact) mass is 463 g/mol. The number of hydroxylamine groups is 1. The van der Waals surface area contributed by atoms with E-state index in [0.717, 1.165) is 35.2 Å². The fourth-order valence-corrected chi connectivity index (χ4v) is 4.26. The van der Waals surface area contributed by atoms with Crippen molar-refractivity contribution in [3.63, 3.8) is 0 Å². The first-order valence-corrected chi connectivity index (χ1v) is 11.4. The number of carbonyl (C=O) groups is 1. The number of H-pyrrole nitrogens is 1. The summed E-state index contributed by atoms with van der Waals surface area (Å²) in [6, 6.07) is 12.8. The molecule has 0 spiro atoms. The average molecular weight is 464 g/mol. The lowest BCUT2D eigenvalue weighted by Gasteiger charge is -2.14. The van der Waals surface area contributed by atoms with Crippen molar-refractivity contribution >= 4 is 11.6 Å². The molecule has 3 aromatic rings. The first kappa shape index (κ1) is 23.5. The van der Waals surface area contributed by atoms with Crippen LogP contribution in [0.2, 0.25) is 0 Å². The highest BCUT2D eigenvalue weighted by atomic mass is 16.5. The number of anilines is 1. The molecule has 1 amide bonds. The quantitative estimate of drug-likeness (QED) is 0.299. The molecule has 4 rings (SSSR count). The number of nitrogens with zero attached hydrogens (tertiary/aromatic N) is 2. The smallest absolute Gasteiger partial charge is 0.276 e. The third-order valence-electron chi connectivity index (χ3n) is 5.84. The van der Waals surface area contributed by atoms with Crippen LogP contribution in [0.25, 0.3) is 11.4 Å². The van der Waals surface area contributed by atoms with Crippen molar-refractivity contribution < 1.29 is 14.7 Å². The SMILES string of the molecule is CCCC1NN(C)c2c1nc(-c1cc(Cc3ccc(C(=O)NO)cc3)ccc1OCC)[nH]c2=O. The molecular formula is C25H29N5O4. The maximum absolute atomic E-state index is 13.0. The van der Waals surface area contributed by atoms with E-state index in [-0.39, 0.29) is 11.6 Å². The highest BCUT2D eigenvalue weighted by molar-refractivity contribution is 5.93. The predicted molar refractivity (Wildman–Crippen MR) is 129 cm³/mol. The summed E-state index contributed by atoms with van der Waals surface area (Å²) in [4.78, 5) is 32.3. The normalized spacial score (nSPS) is 14.7. The van der Waals surface area contributed by atoms with Crippen molar-refractivity contribution in [2.75, 3.05) is 18.7 Å². The van der Waals surface area contributed by atoms with Crippen molar-refractivity contribution in [2.45, 2.75) is 39.2 Å². The zero-order chi connectivity index (χ0) is 24.2. The Labute approximate surface area is 197 Å². The summed E-state index contributed by atoms with van der Waals surface area (Å²) in [5, 5.41) is 10.5. The number of rotatable bonds is 8. The summed E-state index contributed by atoms with van der Waals surface area (Å²) in [5.74, 6) is 0.570. The minimum absolute atomic E-state index is 0.0144. The Morgan fingerprint density at radius 3 is 2.59 bits per heavy atom. The lowest BCUT2D eigenvalue weighted by Crippen LogP contribution is -2.32. The van der Waals surface area contributed by atoms with Crippen LogP contribution < -0.4 is 26.2 Å². The van der Waals surface area contributed by atoms with Gasteiger partial charge in [0.1, 0.15) is 17.3 Å². The fourth-order valence-electron chi connectivity index (χ4n) is 4.26. The Hall–Kier alpha value is -3.69. The first-order valence-electron chi connectivity index (χ1n) is 11.4. The molecule has 1 aliphatic heterocycles. The van der Waals surface area contributed by atoms with Crippen LogP contribution >= 0.6 is 0 Å². The van der Waals surface area contributed by atoms with Gasteiger partial charge in [-0.15, -0.1) is 0 Å². The second-order valence-electron chi connectivity index (χ2n) is 8.26. The van der Waals surface area contributed by atoms with Gasteiger partial charge in [0.2, 0.25) is 0 Å². The average Bonchev–Trinajstić information content (AvgIpc) is 3.16. The lowest BCUT2D eigenvalue weighted by atomic mass is 10.0. The number of hydrogen-bond acceptors (Lipinski definition) is 7. The van der Waals surface area contributed by atoms with Gasteiger partial charge < -0.3 is 14.7 Å². The van der Waals surface area contributed by atoms with Gasteiger partial charge in [0.25, 0.3) is 11.5 Å². The van der Waals surface area contributed by atoms with Gasteiger partial charge in [-0.25, -0.2) is 15.9 Å². The van der Waals surface area contributed by atoms with E-state index in [1.165, 1.54) is 0 Å². The molecule has 1 aliphatic rings. The fraction of sp³-hybridized carbons (Fsp3) is 0.320. The van der Waals surface area contributed by atoms with Gasteiger partial charge in [0.05, 0.1) is 23.9 Å². The zero-order valence-electron chi connectivity index (χ0n) is 19.5. The second kappa shape index (κ2) is 10.1. The lowest BCUT2D eigenvalue weighted by molar-refractivity contribution is 0.0706. The van der Waals surface area contributed by atoms with Gasteiger partial charge in [-0.05, 0) is 55.2 Å². The van der Waals surface area contributed by atoms with Gasteiger partial charge in [-0.3, -0.25) is 14.8 Å². The van der Waals surface area contributed by atoms with Crippen molar-refractivity contribution in [1.29, 1.82) is 0 Å². The number of hydrazine groups is 1. The summed E-state index contributed by atoms with van der Waals surface area (Å²) < 4.78 is 5.85. The number of ether oxygens (including phenoxy) is 1. The molecule has 0 saturated heterocycles. The van der Waals surface area contributed by atoms with E-state index in [1.54, 1.807) is 22.6 Å². The number of fused-ring (bicyclic) bond motifs is 1. The minimum atomic E-state index is -0.553. The summed E-state index contributed by atoms with van der Waals surface area (Å²) in [6.45, 7) is 4.50. The van der Waals surface area contributed by atoms with E-state index < -0.39 is 5.91 Å². The molecule has 2 heterocycles. The summed E-state index contributed by atoms with van der Waals surface area (Å²) >= 11 is 0. The number of carbonyl (C=O) groups excluding carboxylic acids is 1. The van der Waals surface area contributed by atoms with Gasteiger partial charge in [-0.2, -0.15) is 0 Å². The predicted octanol–water partition coefficient (Wildman–Crippen LogP) is 3.34. The molecule has 0 fully saturated rings. The van der Waals surface area contributed by atoms with Crippen LogP contribution in [0.15, 0.2) is 47.3 Å². The third-order valence-corrected chi connectivity index (χ3v) is 5.84. The summed E-state index contributed by atoms with van der Waals surface area (Å²) in [5.41, 5.74) is 9.14. The van der Waals surface area contributed by atoms with Crippen molar-refractivity contribution in [2.24, 2.45) is 0 Å². The Balaban J connectivity index is 1.71. The van der Waals surface area contributed by atoms with Crippen molar-refractivity contribution in [1.82, 2.24) is 20.9 Å². The van der Waals surface area contributed by atoms with Gasteiger partial charge in [0.15, 0.2) is 0 Å².